The predicted molar refractivity (Wildman–Crippen MR) is 54.7 cm³/mol. The maximum absolute atomic E-state index is 12.6. The molecule has 1 aliphatic rings. The van der Waals surface area contributed by atoms with Crippen molar-refractivity contribution in [2.45, 2.75) is 19.3 Å². The van der Waals surface area contributed by atoms with Crippen molar-refractivity contribution >= 4 is 0 Å². The SMILES string of the molecule is FC(F)(F)c1ccnc(-n2ncc3c2CNC3)n1. The molecule has 2 aromatic heterocycles. The molecule has 0 fully saturated rings. The minimum Gasteiger partial charge on any atom is -0.307 e. The van der Waals surface area contributed by atoms with Gasteiger partial charge in [0.05, 0.1) is 11.9 Å². The summed E-state index contributed by atoms with van der Waals surface area (Å²) in [4.78, 5) is 7.34. The second-order valence-corrected chi connectivity index (χ2v) is 3.87. The first-order chi connectivity index (χ1) is 8.55. The van der Waals surface area contributed by atoms with Gasteiger partial charge in [0, 0.05) is 24.8 Å². The minimum absolute atomic E-state index is 0.0604. The van der Waals surface area contributed by atoms with E-state index in [9.17, 15) is 13.2 Å². The highest BCUT2D eigenvalue weighted by molar-refractivity contribution is 5.28. The van der Waals surface area contributed by atoms with E-state index in [1.165, 1.54) is 4.68 Å². The van der Waals surface area contributed by atoms with Gasteiger partial charge in [-0.05, 0) is 6.07 Å². The molecule has 2 aromatic rings. The topological polar surface area (TPSA) is 55.6 Å². The Balaban J connectivity index is 2.07. The largest absolute Gasteiger partial charge is 0.433 e. The van der Waals surface area contributed by atoms with Gasteiger partial charge in [-0.2, -0.15) is 18.3 Å². The number of nitrogens with zero attached hydrogens (tertiary/aromatic N) is 4. The molecule has 1 aliphatic heterocycles. The van der Waals surface area contributed by atoms with Gasteiger partial charge in [-0.25, -0.2) is 14.6 Å². The van der Waals surface area contributed by atoms with Crippen LogP contribution in [0.1, 0.15) is 17.0 Å². The van der Waals surface area contributed by atoms with Crippen molar-refractivity contribution in [2.24, 2.45) is 0 Å². The third-order valence-electron chi connectivity index (χ3n) is 2.69. The highest BCUT2D eigenvalue weighted by Crippen LogP contribution is 2.27. The highest BCUT2D eigenvalue weighted by Gasteiger charge is 2.33. The number of hydrogen-bond acceptors (Lipinski definition) is 4. The van der Waals surface area contributed by atoms with Gasteiger partial charge in [-0.15, -0.1) is 0 Å². The lowest BCUT2D eigenvalue weighted by atomic mass is 10.3. The van der Waals surface area contributed by atoms with Gasteiger partial charge < -0.3 is 5.32 Å². The molecule has 0 aromatic carbocycles. The number of halogens is 3. The van der Waals surface area contributed by atoms with E-state index in [-0.39, 0.29) is 5.95 Å². The van der Waals surface area contributed by atoms with Crippen LogP contribution in [0.4, 0.5) is 13.2 Å². The molecular formula is C10H8F3N5. The molecule has 0 saturated heterocycles. The fourth-order valence-electron chi connectivity index (χ4n) is 1.84. The Hall–Kier alpha value is -1.96. The van der Waals surface area contributed by atoms with Crippen LogP contribution in [0, 0.1) is 0 Å². The van der Waals surface area contributed by atoms with Gasteiger partial charge in [0.2, 0.25) is 0 Å². The van der Waals surface area contributed by atoms with E-state index in [4.69, 9.17) is 0 Å². The van der Waals surface area contributed by atoms with Crippen molar-refractivity contribution in [1.29, 1.82) is 0 Å². The van der Waals surface area contributed by atoms with Gasteiger partial charge in [-0.1, -0.05) is 0 Å². The Labute approximate surface area is 99.7 Å². The van der Waals surface area contributed by atoms with Crippen molar-refractivity contribution in [3.63, 3.8) is 0 Å². The lowest BCUT2D eigenvalue weighted by Gasteiger charge is -2.08. The molecule has 0 aliphatic carbocycles. The van der Waals surface area contributed by atoms with Crippen molar-refractivity contribution in [2.75, 3.05) is 0 Å². The predicted octanol–water partition coefficient (Wildman–Crippen LogP) is 1.28. The first-order valence-electron chi connectivity index (χ1n) is 5.23. The molecular weight excluding hydrogens is 247 g/mol. The molecule has 0 bridgehead atoms. The van der Waals surface area contributed by atoms with E-state index >= 15 is 0 Å². The Morgan fingerprint density at radius 2 is 2.11 bits per heavy atom. The summed E-state index contributed by atoms with van der Waals surface area (Å²) in [5.74, 6) is -0.0604. The zero-order valence-electron chi connectivity index (χ0n) is 9.07. The lowest BCUT2D eigenvalue weighted by Crippen LogP contribution is -2.14. The van der Waals surface area contributed by atoms with Crippen LogP contribution < -0.4 is 5.32 Å². The van der Waals surface area contributed by atoms with Gasteiger partial charge in [0.15, 0.2) is 0 Å². The molecule has 0 amide bonds. The standard InChI is InChI=1S/C10H8F3N5/c11-10(12,13)8-1-2-15-9(17-8)18-7-5-14-3-6(7)4-16-18/h1-2,4,14H,3,5H2. The van der Waals surface area contributed by atoms with Crippen LogP contribution in [-0.4, -0.2) is 19.7 Å². The smallest absolute Gasteiger partial charge is 0.307 e. The summed E-state index contributed by atoms with van der Waals surface area (Å²) in [6.45, 7) is 1.21. The second kappa shape index (κ2) is 3.77. The molecule has 0 spiro atoms. The van der Waals surface area contributed by atoms with E-state index in [0.717, 1.165) is 23.5 Å². The minimum atomic E-state index is -4.48. The summed E-state index contributed by atoms with van der Waals surface area (Å²) in [7, 11) is 0. The molecule has 0 atom stereocenters. The van der Waals surface area contributed by atoms with E-state index in [1.54, 1.807) is 6.20 Å². The summed E-state index contributed by atoms with van der Waals surface area (Å²) < 4.78 is 39.0. The van der Waals surface area contributed by atoms with Crippen molar-refractivity contribution < 1.29 is 13.2 Å². The number of alkyl halides is 3. The summed E-state index contributed by atoms with van der Waals surface area (Å²) in [5, 5.41) is 7.10. The Bertz CT molecular complexity index is 589. The molecule has 0 saturated carbocycles. The summed E-state index contributed by atoms with van der Waals surface area (Å²) in [6, 6.07) is 0.839. The zero-order chi connectivity index (χ0) is 12.8. The van der Waals surface area contributed by atoms with Crippen LogP contribution in [0.3, 0.4) is 0 Å². The van der Waals surface area contributed by atoms with Crippen LogP contribution in [0.2, 0.25) is 0 Å². The third-order valence-corrected chi connectivity index (χ3v) is 2.69. The Morgan fingerprint density at radius 3 is 2.89 bits per heavy atom. The van der Waals surface area contributed by atoms with E-state index in [0.29, 0.717) is 13.1 Å². The van der Waals surface area contributed by atoms with Crippen LogP contribution in [-0.2, 0) is 19.3 Å². The first-order valence-corrected chi connectivity index (χ1v) is 5.23. The first kappa shape index (κ1) is 11.1. The molecule has 3 heterocycles. The maximum atomic E-state index is 12.6. The van der Waals surface area contributed by atoms with Gasteiger partial charge >= 0.3 is 6.18 Å². The van der Waals surface area contributed by atoms with Gasteiger partial charge in [-0.3, -0.25) is 0 Å². The Kier molecular flexibility index (Phi) is 2.34. The van der Waals surface area contributed by atoms with Crippen molar-refractivity contribution in [3.8, 4) is 5.95 Å². The van der Waals surface area contributed by atoms with E-state index < -0.39 is 11.9 Å². The molecule has 0 unspecified atom stereocenters. The fraction of sp³-hybridized carbons (Fsp3) is 0.300. The molecule has 0 radical (unpaired) electrons. The molecule has 5 nitrogen and oxygen atoms in total. The molecule has 18 heavy (non-hydrogen) atoms. The van der Waals surface area contributed by atoms with Crippen LogP contribution in [0.5, 0.6) is 0 Å². The second-order valence-electron chi connectivity index (χ2n) is 3.87. The zero-order valence-corrected chi connectivity index (χ0v) is 9.07. The lowest BCUT2D eigenvalue weighted by molar-refractivity contribution is -0.141. The van der Waals surface area contributed by atoms with Crippen molar-refractivity contribution in [3.05, 3.63) is 35.4 Å². The number of hydrogen-bond donors (Lipinski definition) is 1. The molecule has 1 N–H and O–H groups in total. The summed E-state index contributed by atoms with van der Waals surface area (Å²) >= 11 is 0. The van der Waals surface area contributed by atoms with Crippen LogP contribution >= 0.6 is 0 Å². The quantitative estimate of drug-likeness (QED) is 0.834. The van der Waals surface area contributed by atoms with E-state index in [1.807, 2.05) is 0 Å². The third kappa shape index (κ3) is 1.74. The number of aromatic nitrogens is 4. The van der Waals surface area contributed by atoms with Crippen molar-refractivity contribution in [1.82, 2.24) is 25.1 Å². The normalized spacial score (nSPS) is 14.8. The fourth-order valence-corrected chi connectivity index (χ4v) is 1.84. The van der Waals surface area contributed by atoms with E-state index in [2.05, 4.69) is 20.4 Å². The van der Waals surface area contributed by atoms with Crippen LogP contribution in [0.25, 0.3) is 5.95 Å². The maximum Gasteiger partial charge on any atom is 0.433 e. The highest BCUT2D eigenvalue weighted by atomic mass is 19.4. The number of nitrogens with one attached hydrogen (secondary N) is 1. The average molecular weight is 255 g/mol. The Morgan fingerprint density at radius 1 is 1.28 bits per heavy atom. The summed E-state index contributed by atoms with van der Waals surface area (Å²) in [5.41, 5.74) is 0.785. The van der Waals surface area contributed by atoms with Crippen LogP contribution in [0.15, 0.2) is 18.5 Å². The number of fused-ring (bicyclic) bond motifs is 1. The van der Waals surface area contributed by atoms with Gasteiger partial charge in [0.25, 0.3) is 5.95 Å². The number of rotatable bonds is 1. The van der Waals surface area contributed by atoms with Gasteiger partial charge in [0.1, 0.15) is 5.69 Å². The molecule has 8 heteroatoms. The average Bonchev–Trinajstić information content (AvgIpc) is 2.89. The molecule has 94 valence electrons. The molecule has 3 rings (SSSR count). The summed E-state index contributed by atoms with van der Waals surface area (Å²) in [6.07, 6.45) is -1.78. The monoisotopic (exact) mass is 255 g/mol.